The van der Waals surface area contributed by atoms with Crippen LogP contribution >= 0.6 is 0 Å². The zero-order valence-corrected chi connectivity index (χ0v) is 12.6. The van der Waals surface area contributed by atoms with Crippen LogP contribution in [0.1, 0.15) is 39.0 Å². The number of likely N-dealkylation sites (N-methyl/N-ethyl adjacent to an activating group) is 1. The molecule has 0 aliphatic carbocycles. The van der Waals surface area contributed by atoms with E-state index in [2.05, 4.69) is 5.32 Å². The van der Waals surface area contributed by atoms with Crippen molar-refractivity contribution in [2.24, 2.45) is 0 Å². The van der Waals surface area contributed by atoms with Crippen LogP contribution in [-0.2, 0) is 14.3 Å². The monoisotopic (exact) mass is 284 g/mol. The van der Waals surface area contributed by atoms with Crippen molar-refractivity contribution in [3.63, 3.8) is 0 Å². The number of amides is 1. The lowest BCUT2D eigenvalue weighted by Crippen LogP contribution is -2.38. The molecule has 0 bridgehead atoms. The molecule has 1 atom stereocenters. The molecule has 116 valence electrons. The molecule has 2 fully saturated rings. The Morgan fingerprint density at radius 3 is 2.80 bits per heavy atom. The standard InChI is InChI=1S/C15H28N2O3/c1-2-17(12-14-4-3-10-19-14)15(18)7-11-20-13-5-8-16-9-6-13/h13-14,16H,2-12H2,1H3. The minimum atomic E-state index is 0.192. The van der Waals surface area contributed by atoms with E-state index >= 15 is 0 Å². The van der Waals surface area contributed by atoms with Crippen molar-refractivity contribution in [3.8, 4) is 0 Å². The maximum atomic E-state index is 12.2. The van der Waals surface area contributed by atoms with Crippen molar-refractivity contribution in [3.05, 3.63) is 0 Å². The Kier molecular flexibility index (Phi) is 6.76. The van der Waals surface area contributed by atoms with Crippen molar-refractivity contribution in [2.45, 2.75) is 51.2 Å². The Hall–Kier alpha value is -0.650. The lowest BCUT2D eigenvalue weighted by atomic mass is 10.1. The number of rotatable bonds is 7. The highest BCUT2D eigenvalue weighted by Gasteiger charge is 2.21. The van der Waals surface area contributed by atoms with Gasteiger partial charge in [0.2, 0.25) is 5.91 Å². The predicted molar refractivity (Wildman–Crippen MR) is 77.7 cm³/mol. The summed E-state index contributed by atoms with van der Waals surface area (Å²) in [4.78, 5) is 14.1. The molecule has 5 nitrogen and oxygen atoms in total. The number of carbonyl (C=O) groups excluding carboxylic acids is 1. The van der Waals surface area contributed by atoms with E-state index in [1.807, 2.05) is 11.8 Å². The molecule has 0 aromatic carbocycles. The van der Waals surface area contributed by atoms with Gasteiger partial charge in [0.25, 0.3) is 0 Å². The van der Waals surface area contributed by atoms with Gasteiger partial charge in [-0.05, 0) is 45.7 Å². The number of ether oxygens (including phenoxy) is 2. The van der Waals surface area contributed by atoms with Crippen LogP contribution in [0.15, 0.2) is 0 Å². The maximum absolute atomic E-state index is 12.2. The zero-order chi connectivity index (χ0) is 14.2. The van der Waals surface area contributed by atoms with Gasteiger partial charge in [-0.3, -0.25) is 4.79 Å². The summed E-state index contributed by atoms with van der Waals surface area (Å²) in [6.45, 7) is 6.97. The summed E-state index contributed by atoms with van der Waals surface area (Å²) in [5.41, 5.74) is 0. The minimum absolute atomic E-state index is 0.192. The molecule has 0 saturated carbocycles. The number of nitrogens with zero attached hydrogens (tertiary/aromatic N) is 1. The third-order valence-electron chi connectivity index (χ3n) is 4.14. The average molecular weight is 284 g/mol. The molecule has 0 aromatic heterocycles. The Morgan fingerprint density at radius 2 is 2.15 bits per heavy atom. The van der Waals surface area contributed by atoms with Gasteiger partial charge in [-0.1, -0.05) is 0 Å². The molecule has 0 radical (unpaired) electrons. The van der Waals surface area contributed by atoms with Crippen LogP contribution in [0.5, 0.6) is 0 Å². The van der Waals surface area contributed by atoms with Crippen molar-refractivity contribution >= 4 is 5.91 Å². The zero-order valence-electron chi connectivity index (χ0n) is 12.6. The van der Waals surface area contributed by atoms with Crippen LogP contribution in [-0.4, -0.2) is 62.4 Å². The van der Waals surface area contributed by atoms with E-state index in [4.69, 9.17) is 9.47 Å². The first-order valence-corrected chi connectivity index (χ1v) is 8.01. The van der Waals surface area contributed by atoms with Crippen LogP contribution in [0, 0.1) is 0 Å². The summed E-state index contributed by atoms with van der Waals surface area (Å²) in [5.74, 6) is 0.192. The maximum Gasteiger partial charge on any atom is 0.224 e. The molecule has 1 N–H and O–H groups in total. The first kappa shape index (κ1) is 15.7. The van der Waals surface area contributed by atoms with Crippen molar-refractivity contribution in [1.29, 1.82) is 0 Å². The molecule has 0 aromatic rings. The van der Waals surface area contributed by atoms with Crippen LogP contribution in [0.3, 0.4) is 0 Å². The van der Waals surface area contributed by atoms with E-state index in [1.54, 1.807) is 0 Å². The summed E-state index contributed by atoms with van der Waals surface area (Å²) in [6, 6.07) is 0. The Labute approximate surface area is 122 Å². The van der Waals surface area contributed by atoms with E-state index < -0.39 is 0 Å². The number of piperidine rings is 1. The second kappa shape index (κ2) is 8.60. The van der Waals surface area contributed by atoms with Gasteiger partial charge in [0.05, 0.1) is 25.2 Å². The lowest BCUT2D eigenvalue weighted by Gasteiger charge is -2.25. The normalized spacial score (nSPS) is 23.9. The molecule has 5 heteroatoms. The fourth-order valence-corrected chi connectivity index (χ4v) is 2.87. The molecule has 2 aliphatic rings. The molecule has 0 spiro atoms. The second-order valence-corrected chi connectivity index (χ2v) is 5.64. The van der Waals surface area contributed by atoms with Gasteiger partial charge < -0.3 is 19.7 Å². The van der Waals surface area contributed by atoms with Crippen molar-refractivity contribution < 1.29 is 14.3 Å². The third-order valence-corrected chi connectivity index (χ3v) is 4.14. The van der Waals surface area contributed by atoms with Crippen molar-refractivity contribution in [2.75, 3.05) is 39.4 Å². The third kappa shape index (κ3) is 5.04. The van der Waals surface area contributed by atoms with Gasteiger partial charge >= 0.3 is 0 Å². The Balaban J connectivity index is 1.63. The molecule has 2 rings (SSSR count). The van der Waals surface area contributed by atoms with E-state index in [0.29, 0.717) is 19.1 Å². The number of carbonyl (C=O) groups is 1. The first-order chi connectivity index (χ1) is 9.79. The highest BCUT2D eigenvalue weighted by Crippen LogP contribution is 2.14. The smallest absolute Gasteiger partial charge is 0.224 e. The summed E-state index contributed by atoms with van der Waals surface area (Å²) in [6.07, 6.45) is 5.37. The molecular formula is C15H28N2O3. The summed E-state index contributed by atoms with van der Waals surface area (Å²) < 4.78 is 11.4. The fourth-order valence-electron chi connectivity index (χ4n) is 2.87. The topological polar surface area (TPSA) is 50.8 Å². The molecule has 2 heterocycles. The van der Waals surface area contributed by atoms with Crippen LogP contribution in [0.4, 0.5) is 0 Å². The van der Waals surface area contributed by atoms with Crippen LogP contribution < -0.4 is 5.32 Å². The average Bonchev–Trinajstić information content (AvgIpc) is 2.98. The van der Waals surface area contributed by atoms with Crippen molar-refractivity contribution in [1.82, 2.24) is 10.2 Å². The first-order valence-electron chi connectivity index (χ1n) is 8.01. The molecule has 1 unspecified atom stereocenters. The van der Waals surface area contributed by atoms with Gasteiger partial charge in [-0.15, -0.1) is 0 Å². The van der Waals surface area contributed by atoms with Crippen LogP contribution in [0.25, 0.3) is 0 Å². The number of hydrogen-bond donors (Lipinski definition) is 1. The van der Waals surface area contributed by atoms with E-state index in [9.17, 15) is 4.79 Å². The highest BCUT2D eigenvalue weighted by atomic mass is 16.5. The molecule has 2 aliphatic heterocycles. The van der Waals surface area contributed by atoms with E-state index in [-0.39, 0.29) is 12.0 Å². The fraction of sp³-hybridized carbons (Fsp3) is 0.933. The molecule has 2 saturated heterocycles. The second-order valence-electron chi connectivity index (χ2n) is 5.64. The Bertz CT molecular complexity index is 287. The van der Waals surface area contributed by atoms with Gasteiger partial charge in [0.1, 0.15) is 0 Å². The molecule has 1 amide bonds. The van der Waals surface area contributed by atoms with Gasteiger partial charge in [-0.25, -0.2) is 0 Å². The SMILES string of the molecule is CCN(CC1CCCO1)C(=O)CCOC1CCNCC1. The largest absolute Gasteiger partial charge is 0.378 e. The number of nitrogens with one attached hydrogen (secondary N) is 1. The lowest BCUT2D eigenvalue weighted by molar-refractivity contribution is -0.134. The van der Waals surface area contributed by atoms with Gasteiger partial charge in [-0.2, -0.15) is 0 Å². The molecule has 20 heavy (non-hydrogen) atoms. The molecular weight excluding hydrogens is 256 g/mol. The summed E-state index contributed by atoms with van der Waals surface area (Å²) in [5, 5.41) is 3.31. The van der Waals surface area contributed by atoms with E-state index in [0.717, 1.165) is 58.5 Å². The number of hydrogen-bond acceptors (Lipinski definition) is 4. The van der Waals surface area contributed by atoms with Gasteiger partial charge in [0.15, 0.2) is 0 Å². The minimum Gasteiger partial charge on any atom is -0.378 e. The quantitative estimate of drug-likeness (QED) is 0.762. The highest BCUT2D eigenvalue weighted by molar-refractivity contribution is 5.76. The van der Waals surface area contributed by atoms with Gasteiger partial charge in [0, 0.05) is 19.7 Å². The van der Waals surface area contributed by atoms with Crippen LogP contribution in [0.2, 0.25) is 0 Å². The Morgan fingerprint density at radius 1 is 1.35 bits per heavy atom. The van der Waals surface area contributed by atoms with E-state index in [1.165, 1.54) is 0 Å². The summed E-state index contributed by atoms with van der Waals surface area (Å²) >= 11 is 0. The summed E-state index contributed by atoms with van der Waals surface area (Å²) in [7, 11) is 0. The predicted octanol–water partition coefficient (Wildman–Crippen LogP) is 1.17.